The Morgan fingerprint density at radius 2 is 1.89 bits per heavy atom. The molecule has 1 rings (SSSR count). The molecule has 1 aromatic rings. The number of hydrogen-bond acceptors (Lipinski definition) is 1. The lowest BCUT2D eigenvalue weighted by Gasteiger charge is -2.23. The van der Waals surface area contributed by atoms with Gasteiger partial charge in [0.25, 0.3) is 0 Å². The molecule has 0 atom stereocenters. The topological polar surface area (TPSA) is 3.24 Å². The first-order valence-electron chi connectivity index (χ1n) is 5.11. The Balaban J connectivity index is 2.80. The van der Waals surface area contributed by atoms with E-state index in [-0.39, 0.29) is 17.6 Å². The first-order chi connectivity index (χ1) is 8.33. The lowest BCUT2D eigenvalue weighted by atomic mass is 10.2. The smallest absolute Gasteiger partial charge is 0.290 e. The molecule has 0 saturated carbocycles. The highest BCUT2D eigenvalue weighted by Crippen LogP contribution is 2.24. The van der Waals surface area contributed by atoms with Crippen LogP contribution in [0.1, 0.15) is 5.56 Å². The van der Waals surface area contributed by atoms with Crippen molar-refractivity contribution >= 4 is 31.9 Å². The molecule has 1 aromatic carbocycles. The zero-order chi connectivity index (χ0) is 13.8. The zero-order valence-electron chi connectivity index (χ0n) is 9.28. The zero-order valence-corrected chi connectivity index (χ0v) is 12.4. The maximum absolute atomic E-state index is 13.3. The van der Waals surface area contributed by atoms with E-state index >= 15 is 0 Å². The predicted octanol–water partition coefficient (Wildman–Crippen LogP) is 4.35. The van der Waals surface area contributed by atoms with Crippen molar-refractivity contribution in [1.29, 1.82) is 0 Å². The molecule has 1 nitrogen and oxygen atoms in total. The summed E-state index contributed by atoms with van der Waals surface area (Å²) in [5.41, 5.74) is 0.500. The summed E-state index contributed by atoms with van der Waals surface area (Å²) < 4.78 is 50.6. The van der Waals surface area contributed by atoms with Gasteiger partial charge in [-0.05, 0) is 27.6 Å². The van der Waals surface area contributed by atoms with Crippen molar-refractivity contribution in [2.75, 3.05) is 18.4 Å². The van der Waals surface area contributed by atoms with E-state index in [1.54, 1.807) is 6.07 Å². The van der Waals surface area contributed by atoms with Crippen LogP contribution in [0.4, 0.5) is 17.6 Å². The van der Waals surface area contributed by atoms with Crippen LogP contribution in [0.3, 0.4) is 0 Å². The average molecular weight is 393 g/mol. The van der Waals surface area contributed by atoms with Crippen LogP contribution in [0.15, 0.2) is 22.7 Å². The Bertz CT molecular complexity index is 395. The molecule has 0 aliphatic rings. The van der Waals surface area contributed by atoms with Crippen molar-refractivity contribution in [3.8, 4) is 0 Å². The van der Waals surface area contributed by atoms with E-state index in [1.165, 1.54) is 17.0 Å². The maximum atomic E-state index is 13.3. The second-order valence-corrected chi connectivity index (χ2v) is 5.31. The van der Waals surface area contributed by atoms with Crippen molar-refractivity contribution in [2.45, 2.75) is 12.7 Å². The summed E-state index contributed by atoms with van der Waals surface area (Å²) in [6.07, 6.45) is -4.26. The number of halogens is 6. The number of alkyl halides is 4. The van der Waals surface area contributed by atoms with Gasteiger partial charge in [0.05, 0.1) is 11.0 Å². The Morgan fingerprint density at radius 1 is 1.22 bits per heavy atom. The molecule has 0 heterocycles. The van der Waals surface area contributed by atoms with Crippen LogP contribution in [0.25, 0.3) is 0 Å². The minimum atomic E-state index is -4.26. The first kappa shape index (κ1) is 15.9. The van der Waals surface area contributed by atoms with Crippen molar-refractivity contribution < 1.29 is 17.6 Å². The molecule has 0 spiro atoms. The van der Waals surface area contributed by atoms with Crippen LogP contribution in [0.2, 0.25) is 0 Å². The number of rotatable bonds is 5. The van der Waals surface area contributed by atoms with Crippen LogP contribution in [-0.4, -0.2) is 29.5 Å². The summed E-state index contributed by atoms with van der Waals surface area (Å²) in [6, 6.07) is 4.34. The van der Waals surface area contributed by atoms with Crippen LogP contribution in [0, 0.1) is 5.82 Å². The van der Waals surface area contributed by atoms with E-state index in [4.69, 9.17) is 0 Å². The van der Waals surface area contributed by atoms with Gasteiger partial charge < -0.3 is 0 Å². The van der Waals surface area contributed by atoms with Crippen molar-refractivity contribution in [2.24, 2.45) is 0 Å². The van der Waals surface area contributed by atoms with Gasteiger partial charge in [0.2, 0.25) is 0 Å². The quantitative estimate of drug-likeness (QED) is 0.532. The van der Waals surface area contributed by atoms with E-state index in [0.717, 1.165) is 0 Å². The highest BCUT2D eigenvalue weighted by atomic mass is 79.9. The Kier molecular flexibility index (Phi) is 6.07. The Labute approximate surface area is 119 Å². The second-order valence-electron chi connectivity index (χ2n) is 3.73. The molecule has 102 valence electrons. The molecule has 7 heteroatoms. The van der Waals surface area contributed by atoms with Gasteiger partial charge in [-0.1, -0.05) is 28.1 Å². The first-order valence-corrected chi connectivity index (χ1v) is 7.03. The molecule has 0 aliphatic heterocycles. The fourth-order valence-corrected chi connectivity index (χ4v) is 2.39. The lowest BCUT2D eigenvalue weighted by molar-refractivity contribution is -0.146. The predicted molar refractivity (Wildman–Crippen MR) is 69.2 cm³/mol. The van der Waals surface area contributed by atoms with Gasteiger partial charge in [0.15, 0.2) is 0 Å². The van der Waals surface area contributed by atoms with E-state index < -0.39 is 18.5 Å². The largest absolute Gasteiger partial charge is 0.401 e. The van der Waals surface area contributed by atoms with Gasteiger partial charge in [-0.25, -0.2) is 4.39 Å². The highest BCUT2D eigenvalue weighted by Gasteiger charge is 2.30. The third-order valence-corrected chi connectivity index (χ3v) is 3.47. The van der Waals surface area contributed by atoms with E-state index in [2.05, 4.69) is 31.9 Å². The van der Waals surface area contributed by atoms with Crippen molar-refractivity contribution in [3.63, 3.8) is 0 Å². The average Bonchev–Trinajstić information content (AvgIpc) is 2.23. The van der Waals surface area contributed by atoms with Gasteiger partial charge in [0.1, 0.15) is 5.82 Å². The second kappa shape index (κ2) is 6.86. The van der Waals surface area contributed by atoms with Crippen LogP contribution >= 0.6 is 31.9 Å². The summed E-state index contributed by atoms with van der Waals surface area (Å²) >= 11 is 6.15. The van der Waals surface area contributed by atoms with Gasteiger partial charge in [-0.2, -0.15) is 13.2 Å². The molecule has 0 aliphatic carbocycles. The van der Waals surface area contributed by atoms with Crippen LogP contribution in [-0.2, 0) is 6.54 Å². The molecule has 0 fully saturated rings. The monoisotopic (exact) mass is 391 g/mol. The summed E-state index contributed by atoms with van der Waals surface area (Å²) in [4.78, 5) is 1.22. The van der Waals surface area contributed by atoms with Gasteiger partial charge in [-0.3, -0.25) is 4.90 Å². The van der Waals surface area contributed by atoms with Crippen LogP contribution in [0.5, 0.6) is 0 Å². The molecule has 0 amide bonds. The highest BCUT2D eigenvalue weighted by molar-refractivity contribution is 9.10. The number of nitrogens with zero attached hydrogens (tertiary/aromatic N) is 1. The van der Waals surface area contributed by atoms with Crippen molar-refractivity contribution in [1.82, 2.24) is 4.90 Å². The van der Waals surface area contributed by atoms with Crippen molar-refractivity contribution in [3.05, 3.63) is 34.1 Å². The van der Waals surface area contributed by atoms with Crippen LogP contribution < -0.4 is 0 Å². The third-order valence-electron chi connectivity index (χ3n) is 2.23. The summed E-state index contributed by atoms with van der Waals surface area (Å²) in [6.45, 7) is -0.729. The fraction of sp³-hybridized carbons (Fsp3) is 0.455. The maximum Gasteiger partial charge on any atom is 0.401 e. The van der Waals surface area contributed by atoms with Gasteiger partial charge >= 0.3 is 6.18 Å². The summed E-state index contributed by atoms with van der Waals surface area (Å²) in [5, 5.41) is 0.427. The lowest BCUT2D eigenvalue weighted by Crippen LogP contribution is -2.35. The molecule has 0 saturated heterocycles. The molecule has 18 heavy (non-hydrogen) atoms. The van der Waals surface area contributed by atoms with E-state index in [9.17, 15) is 17.6 Å². The molecule has 0 unspecified atom stereocenters. The summed E-state index contributed by atoms with van der Waals surface area (Å²) in [5.74, 6) is -0.474. The molecule has 0 bridgehead atoms. The summed E-state index contributed by atoms with van der Waals surface area (Å²) in [7, 11) is 0. The molecular weight excluding hydrogens is 382 g/mol. The van der Waals surface area contributed by atoms with E-state index in [0.29, 0.717) is 10.9 Å². The Morgan fingerprint density at radius 3 is 2.44 bits per heavy atom. The molecule has 0 aromatic heterocycles. The van der Waals surface area contributed by atoms with Gasteiger partial charge in [0, 0.05) is 18.4 Å². The third kappa shape index (κ3) is 5.24. The minimum Gasteiger partial charge on any atom is -0.290 e. The fourth-order valence-electron chi connectivity index (χ4n) is 1.50. The Hall–Kier alpha value is -0.140. The SMILES string of the molecule is Fc1cccc(CN(CCBr)CC(F)(F)F)c1Br. The number of benzene rings is 1. The number of hydrogen-bond donors (Lipinski definition) is 0. The minimum absolute atomic E-state index is 0.0451. The molecular formula is C11H11Br2F4N. The standard InChI is InChI=1S/C11H11Br2F4N/c12-4-5-18(7-11(15,16)17)6-8-2-1-3-9(14)10(8)13/h1-3H,4-7H2. The van der Waals surface area contributed by atoms with Gasteiger partial charge in [-0.15, -0.1) is 0 Å². The van der Waals surface area contributed by atoms with E-state index in [1.807, 2.05) is 0 Å². The normalized spacial score (nSPS) is 12.2. The molecule has 0 N–H and O–H groups in total. The molecule has 0 radical (unpaired) electrons.